The van der Waals surface area contributed by atoms with Crippen molar-refractivity contribution < 1.29 is 22.7 Å². The van der Waals surface area contributed by atoms with Crippen molar-refractivity contribution in [1.29, 1.82) is 0 Å². The minimum absolute atomic E-state index is 0.0624. The third kappa shape index (κ3) is 5.02. The number of ketones is 1. The molecule has 6 nitrogen and oxygen atoms in total. The fourth-order valence-electron chi connectivity index (χ4n) is 2.70. The summed E-state index contributed by atoms with van der Waals surface area (Å²) in [5.74, 6) is -1.06. The van der Waals surface area contributed by atoms with E-state index in [2.05, 4.69) is 0 Å². The number of carbonyl (C=O) groups excluding carboxylic acids is 2. The molecule has 27 heavy (non-hydrogen) atoms. The molecular weight excluding hydrogens is 366 g/mol. The van der Waals surface area contributed by atoms with Crippen molar-refractivity contribution in [3.05, 3.63) is 64.2 Å². The molecule has 0 spiro atoms. The summed E-state index contributed by atoms with van der Waals surface area (Å²) in [5.41, 5.74) is 3.05. The molecule has 0 atom stereocenters. The van der Waals surface area contributed by atoms with Crippen LogP contribution in [0.1, 0.15) is 51.3 Å². The van der Waals surface area contributed by atoms with Crippen molar-refractivity contribution >= 4 is 21.8 Å². The van der Waals surface area contributed by atoms with Crippen LogP contribution in [0.3, 0.4) is 0 Å². The van der Waals surface area contributed by atoms with Gasteiger partial charge in [-0.15, -0.1) is 0 Å². The molecule has 2 aromatic carbocycles. The van der Waals surface area contributed by atoms with Gasteiger partial charge in [0.1, 0.15) is 0 Å². The normalized spacial score (nSPS) is 11.3. The number of hydrogen-bond acceptors (Lipinski definition) is 5. The maximum Gasteiger partial charge on any atom is 0.338 e. The van der Waals surface area contributed by atoms with Crippen molar-refractivity contribution in [2.45, 2.75) is 38.5 Å². The van der Waals surface area contributed by atoms with Gasteiger partial charge in [0.25, 0.3) is 0 Å². The number of aryl methyl sites for hydroxylation is 3. The van der Waals surface area contributed by atoms with Gasteiger partial charge in [0.2, 0.25) is 15.8 Å². The Bertz CT molecular complexity index is 980. The van der Waals surface area contributed by atoms with Crippen LogP contribution < -0.4 is 5.14 Å². The van der Waals surface area contributed by atoms with Crippen LogP contribution in [0.2, 0.25) is 0 Å². The lowest BCUT2D eigenvalue weighted by Crippen LogP contribution is -2.18. The first-order valence-corrected chi connectivity index (χ1v) is 10.2. The molecule has 0 aromatic heterocycles. The average molecular weight is 389 g/mol. The Labute approximate surface area is 159 Å². The number of benzene rings is 2. The Morgan fingerprint density at radius 1 is 1.00 bits per heavy atom. The van der Waals surface area contributed by atoms with Crippen molar-refractivity contribution in [2.75, 3.05) is 6.61 Å². The van der Waals surface area contributed by atoms with Gasteiger partial charge in [0, 0.05) is 5.56 Å². The van der Waals surface area contributed by atoms with Crippen molar-refractivity contribution in [3.63, 3.8) is 0 Å². The highest BCUT2D eigenvalue weighted by Gasteiger charge is 2.18. The number of esters is 1. The minimum atomic E-state index is -3.94. The molecular formula is C20H23NO5S. The van der Waals surface area contributed by atoms with Crippen LogP contribution in [0.5, 0.6) is 0 Å². The summed E-state index contributed by atoms with van der Waals surface area (Å²) in [6.45, 7) is 5.17. The Morgan fingerprint density at radius 2 is 1.70 bits per heavy atom. The third-order valence-corrected chi connectivity index (χ3v) is 5.27. The molecule has 0 aliphatic carbocycles. The highest BCUT2D eigenvalue weighted by molar-refractivity contribution is 7.89. The number of carbonyl (C=O) groups is 2. The quantitative estimate of drug-likeness (QED) is 0.579. The zero-order chi connectivity index (χ0) is 20.2. The van der Waals surface area contributed by atoms with E-state index in [1.54, 1.807) is 6.92 Å². The number of sulfonamides is 1. The van der Waals surface area contributed by atoms with Gasteiger partial charge in [0.05, 0.1) is 10.5 Å². The van der Waals surface area contributed by atoms with E-state index in [4.69, 9.17) is 9.88 Å². The van der Waals surface area contributed by atoms with Gasteiger partial charge in [-0.1, -0.05) is 32.0 Å². The number of nitrogens with two attached hydrogens (primary N) is 1. The summed E-state index contributed by atoms with van der Waals surface area (Å²) in [7, 11) is -3.94. The van der Waals surface area contributed by atoms with Gasteiger partial charge >= 0.3 is 5.97 Å². The van der Waals surface area contributed by atoms with Gasteiger partial charge in [-0.05, 0) is 54.7 Å². The fourth-order valence-corrected chi connectivity index (χ4v) is 3.24. The number of rotatable bonds is 7. The molecule has 0 saturated heterocycles. The summed E-state index contributed by atoms with van der Waals surface area (Å²) in [6.07, 6.45) is 1.48. The Balaban J connectivity index is 2.20. The minimum Gasteiger partial charge on any atom is -0.454 e. The first kappa shape index (κ1) is 20.8. The predicted molar refractivity (Wildman–Crippen MR) is 102 cm³/mol. The molecule has 7 heteroatoms. The van der Waals surface area contributed by atoms with Crippen molar-refractivity contribution in [2.24, 2.45) is 5.14 Å². The number of Topliss-reactive ketones (excluding diaryl/α,β-unsaturated/α-hetero) is 1. The van der Waals surface area contributed by atoms with Crippen LogP contribution in [0.25, 0.3) is 0 Å². The fraction of sp³-hybridized carbons (Fsp3) is 0.300. The van der Waals surface area contributed by atoms with E-state index >= 15 is 0 Å². The molecule has 0 saturated carbocycles. The second-order valence-corrected chi connectivity index (χ2v) is 7.78. The van der Waals surface area contributed by atoms with Gasteiger partial charge in [0.15, 0.2) is 6.61 Å². The standard InChI is InChI=1S/C20H23NO5S/c1-4-14-7-8-15(5-2)18(10-14)19(22)12-26-20(23)17-11-16(27(21,24)25)9-6-13(17)3/h6-11H,4-5,12H2,1-3H3,(H2,21,24,25). The molecule has 0 aliphatic heterocycles. The lowest BCUT2D eigenvalue weighted by molar-refractivity contribution is 0.0473. The van der Waals surface area contributed by atoms with Crippen molar-refractivity contribution in [1.82, 2.24) is 0 Å². The first-order valence-electron chi connectivity index (χ1n) is 8.63. The smallest absolute Gasteiger partial charge is 0.338 e. The molecule has 2 rings (SSSR count). The van der Waals surface area contributed by atoms with Crippen LogP contribution in [-0.4, -0.2) is 26.8 Å². The summed E-state index contributed by atoms with van der Waals surface area (Å²) in [5, 5.41) is 5.10. The van der Waals surface area contributed by atoms with E-state index in [1.165, 1.54) is 12.1 Å². The maximum absolute atomic E-state index is 12.5. The molecule has 0 unspecified atom stereocenters. The van der Waals surface area contributed by atoms with Crippen molar-refractivity contribution in [3.8, 4) is 0 Å². The van der Waals surface area contributed by atoms with E-state index in [-0.39, 0.29) is 16.2 Å². The van der Waals surface area contributed by atoms with Gasteiger partial charge in [-0.2, -0.15) is 0 Å². The first-order chi connectivity index (χ1) is 12.7. The molecule has 2 aromatic rings. The Kier molecular flexibility index (Phi) is 6.51. The molecule has 144 valence electrons. The monoisotopic (exact) mass is 389 g/mol. The SMILES string of the molecule is CCc1ccc(CC)c(C(=O)COC(=O)c2cc(S(N)(=O)=O)ccc2C)c1. The summed E-state index contributed by atoms with van der Waals surface area (Å²) < 4.78 is 28.1. The summed E-state index contributed by atoms with van der Waals surface area (Å²) in [4.78, 5) is 24.7. The van der Waals surface area contributed by atoms with E-state index in [9.17, 15) is 18.0 Å². The largest absolute Gasteiger partial charge is 0.454 e. The van der Waals surface area contributed by atoms with Crippen LogP contribution in [0.4, 0.5) is 0 Å². The third-order valence-electron chi connectivity index (χ3n) is 4.36. The second kappa shape index (κ2) is 8.45. The molecule has 0 radical (unpaired) electrons. The number of ether oxygens (including phenoxy) is 1. The molecule has 2 N–H and O–H groups in total. The zero-order valence-electron chi connectivity index (χ0n) is 15.6. The van der Waals surface area contributed by atoms with E-state index in [1.807, 2.05) is 32.0 Å². The lowest BCUT2D eigenvalue weighted by Gasteiger charge is -2.11. The van der Waals surface area contributed by atoms with E-state index in [0.717, 1.165) is 23.6 Å². The van der Waals surface area contributed by atoms with E-state index in [0.29, 0.717) is 17.5 Å². The number of hydrogen-bond donors (Lipinski definition) is 1. The topological polar surface area (TPSA) is 104 Å². The van der Waals surface area contributed by atoms with Gasteiger partial charge in [-0.25, -0.2) is 18.4 Å². The Morgan fingerprint density at radius 3 is 2.30 bits per heavy atom. The summed E-state index contributed by atoms with van der Waals surface area (Å²) >= 11 is 0. The zero-order valence-corrected chi connectivity index (χ0v) is 16.4. The van der Waals surface area contributed by atoms with Crippen LogP contribution in [0, 0.1) is 6.92 Å². The lowest BCUT2D eigenvalue weighted by atomic mass is 9.98. The summed E-state index contributed by atoms with van der Waals surface area (Å²) in [6, 6.07) is 9.65. The predicted octanol–water partition coefficient (Wildman–Crippen LogP) is 2.81. The maximum atomic E-state index is 12.5. The highest BCUT2D eigenvalue weighted by atomic mass is 32.2. The highest BCUT2D eigenvalue weighted by Crippen LogP contribution is 2.17. The van der Waals surface area contributed by atoms with Crippen LogP contribution in [0.15, 0.2) is 41.3 Å². The molecule has 0 heterocycles. The molecule has 0 amide bonds. The van der Waals surface area contributed by atoms with Gasteiger partial charge < -0.3 is 4.74 Å². The van der Waals surface area contributed by atoms with Crippen LogP contribution >= 0.6 is 0 Å². The van der Waals surface area contributed by atoms with Gasteiger partial charge in [-0.3, -0.25) is 4.79 Å². The van der Waals surface area contributed by atoms with Crippen LogP contribution in [-0.2, 0) is 27.6 Å². The molecule has 0 aliphatic rings. The average Bonchev–Trinajstić information content (AvgIpc) is 2.64. The van der Waals surface area contributed by atoms with E-state index < -0.39 is 22.6 Å². The second-order valence-electron chi connectivity index (χ2n) is 6.22. The number of primary sulfonamides is 1. The Hall–Kier alpha value is -2.51. The molecule has 0 bridgehead atoms. The molecule has 0 fully saturated rings.